The summed E-state index contributed by atoms with van der Waals surface area (Å²) in [6.07, 6.45) is 0. The summed E-state index contributed by atoms with van der Waals surface area (Å²) in [6.45, 7) is 0.320. The van der Waals surface area contributed by atoms with Crippen molar-refractivity contribution in [3.63, 3.8) is 0 Å². The molecule has 1 unspecified atom stereocenters. The van der Waals surface area contributed by atoms with E-state index < -0.39 is 6.04 Å². The van der Waals surface area contributed by atoms with Crippen LogP contribution in [0.15, 0.2) is 48.5 Å². The smallest absolute Gasteiger partial charge is 0.127 e. The molecular formula is C17H18FN3. The Bertz CT molecular complexity index is 629. The van der Waals surface area contributed by atoms with Gasteiger partial charge in [-0.15, -0.1) is 0 Å². The summed E-state index contributed by atoms with van der Waals surface area (Å²) in [5.74, 6) is -0.260. The van der Waals surface area contributed by atoms with Crippen LogP contribution in [0.5, 0.6) is 0 Å². The number of halogens is 1. The molecule has 0 radical (unpaired) electrons. The van der Waals surface area contributed by atoms with E-state index in [1.807, 2.05) is 43.3 Å². The zero-order valence-corrected chi connectivity index (χ0v) is 12.2. The molecule has 2 rings (SSSR count). The van der Waals surface area contributed by atoms with Crippen molar-refractivity contribution in [3.05, 3.63) is 65.5 Å². The Kier molecular flexibility index (Phi) is 4.91. The van der Waals surface area contributed by atoms with Crippen molar-refractivity contribution in [3.8, 4) is 6.07 Å². The van der Waals surface area contributed by atoms with E-state index in [4.69, 9.17) is 0 Å². The lowest BCUT2D eigenvalue weighted by molar-refractivity contribution is 0.571. The van der Waals surface area contributed by atoms with Crippen LogP contribution in [0.2, 0.25) is 0 Å². The van der Waals surface area contributed by atoms with Crippen LogP contribution in [0.1, 0.15) is 17.2 Å². The van der Waals surface area contributed by atoms with Crippen LogP contribution >= 0.6 is 0 Å². The van der Waals surface area contributed by atoms with Crippen molar-refractivity contribution in [1.29, 1.82) is 5.26 Å². The van der Waals surface area contributed by atoms with Gasteiger partial charge >= 0.3 is 0 Å². The molecule has 0 saturated heterocycles. The average molecular weight is 283 g/mol. The highest BCUT2D eigenvalue weighted by atomic mass is 19.1. The van der Waals surface area contributed by atoms with Crippen LogP contribution in [0.4, 0.5) is 10.1 Å². The normalized spacial score (nSPS) is 11.7. The summed E-state index contributed by atoms with van der Waals surface area (Å²) in [5, 5.41) is 12.4. The van der Waals surface area contributed by atoms with E-state index in [2.05, 4.69) is 11.4 Å². The Morgan fingerprint density at radius 3 is 2.38 bits per heavy atom. The molecule has 0 bridgehead atoms. The molecule has 0 heterocycles. The molecule has 0 fully saturated rings. The molecule has 0 saturated carbocycles. The molecule has 0 spiro atoms. The Balaban J connectivity index is 2.07. The summed E-state index contributed by atoms with van der Waals surface area (Å²) in [6, 6.07) is 16.1. The first-order chi connectivity index (χ1) is 10.1. The topological polar surface area (TPSA) is 39.1 Å². The van der Waals surface area contributed by atoms with Crippen LogP contribution in [0.3, 0.4) is 0 Å². The highest BCUT2D eigenvalue weighted by Gasteiger charge is 2.11. The third-order valence-corrected chi connectivity index (χ3v) is 3.33. The Hall–Kier alpha value is -2.38. The van der Waals surface area contributed by atoms with Crippen molar-refractivity contribution in [2.45, 2.75) is 12.6 Å². The minimum atomic E-state index is -0.458. The molecule has 21 heavy (non-hydrogen) atoms. The monoisotopic (exact) mass is 283 g/mol. The van der Waals surface area contributed by atoms with Gasteiger partial charge in [0, 0.05) is 31.9 Å². The van der Waals surface area contributed by atoms with E-state index in [1.54, 1.807) is 18.2 Å². The first kappa shape index (κ1) is 15.0. The number of anilines is 1. The molecule has 3 nitrogen and oxygen atoms in total. The molecule has 0 amide bonds. The van der Waals surface area contributed by atoms with Crippen LogP contribution in [-0.4, -0.2) is 14.1 Å². The second-order valence-electron chi connectivity index (χ2n) is 5.02. The number of hydrogen-bond donors (Lipinski definition) is 1. The maximum Gasteiger partial charge on any atom is 0.127 e. The summed E-state index contributed by atoms with van der Waals surface area (Å²) in [4.78, 5) is 2.00. The SMILES string of the molecule is CN(C)c1ccc(C(C#N)NCc2ccccc2F)cc1. The third kappa shape index (κ3) is 3.80. The fourth-order valence-electron chi connectivity index (χ4n) is 2.06. The quantitative estimate of drug-likeness (QED) is 0.915. The minimum Gasteiger partial charge on any atom is -0.378 e. The second kappa shape index (κ2) is 6.87. The largest absolute Gasteiger partial charge is 0.378 e. The fraction of sp³-hybridized carbons (Fsp3) is 0.235. The van der Waals surface area contributed by atoms with Gasteiger partial charge in [-0.25, -0.2) is 4.39 Å². The van der Waals surface area contributed by atoms with Crippen molar-refractivity contribution in [1.82, 2.24) is 5.32 Å². The molecule has 0 aromatic heterocycles. The zero-order chi connectivity index (χ0) is 15.2. The lowest BCUT2D eigenvalue weighted by atomic mass is 10.1. The van der Waals surface area contributed by atoms with Gasteiger partial charge in [-0.3, -0.25) is 5.32 Å². The van der Waals surface area contributed by atoms with Crippen molar-refractivity contribution < 1.29 is 4.39 Å². The molecule has 108 valence electrons. The molecule has 4 heteroatoms. The van der Waals surface area contributed by atoms with Crippen LogP contribution in [0.25, 0.3) is 0 Å². The Labute approximate surface area is 124 Å². The molecular weight excluding hydrogens is 265 g/mol. The van der Waals surface area contributed by atoms with Gasteiger partial charge in [-0.05, 0) is 23.8 Å². The first-order valence-electron chi connectivity index (χ1n) is 6.75. The van der Waals surface area contributed by atoms with Gasteiger partial charge in [0.25, 0.3) is 0 Å². The van der Waals surface area contributed by atoms with Crippen molar-refractivity contribution in [2.75, 3.05) is 19.0 Å². The van der Waals surface area contributed by atoms with Gasteiger partial charge < -0.3 is 4.90 Å². The van der Waals surface area contributed by atoms with E-state index >= 15 is 0 Å². The zero-order valence-electron chi connectivity index (χ0n) is 12.2. The number of benzene rings is 2. The lowest BCUT2D eigenvalue weighted by Crippen LogP contribution is -2.20. The highest BCUT2D eigenvalue weighted by molar-refractivity contribution is 5.47. The first-order valence-corrected chi connectivity index (χ1v) is 6.75. The molecule has 0 aliphatic carbocycles. The van der Waals surface area contributed by atoms with Gasteiger partial charge in [0.1, 0.15) is 11.9 Å². The summed E-state index contributed by atoms with van der Waals surface area (Å²) in [5.41, 5.74) is 2.51. The Morgan fingerprint density at radius 2 is 1.81 bits per heavy atom. The summed E-state index contributed by atoms with van der Waals surface area (Å²) in [7, 11) is 3.93. The van der Waals surface area contributed by atoms with Gasteiger partial charge in [0.2, 0.25) is 0 Å². The number of hydrogen-bond acceptors (Lipinski definition) is 3. The maximum atomic E-state index is 13.6. The maximum absolute atomic E-state index is 13.6. The molecule has 0 aliphatic rings. The summed E-state index contributed by atoms with van der Waals surface area (Å²) < 4.78 is 13.6. The van der Waals surface area contributed by atoms with E-state index in [1.165, 1.54) is 6.07 Å². The number of rotatable bonds is 5. The second-order valence-corrected chi connectivity index (χ2v) is 5.02. The number of nitrogens with zero attached hydrogens (tertiary/aromatic N) is 2. The average Bonchev–Trinajstić information content (AvgIpc) is 2.50. The molecule has 1 atom stereocenters. The van der Waals surface area contributed by atoms with Crippen molar-refractivity contribution in [2.24, 2.45) is 0 Å². The van der Waals surface area contributed by atoms with Crippen molar-refractivity contribution >= 4 is 5.69 Å². The van der Waals surface area contributed by atoms with Crippen LogP contribution in [0, 0.1) is 17.1 Å². The summed E-state index contributed by atoms with van der Waals surface area (Å²) >= 11 is 0. The van der Waals surface area contributed by atoms with Crippen LogP contribution < -0.4 is 10.2 Å². The van der Waals surface area contributed by atoms with E-state index in [9.17, 15) is 9.65 Å². The predicted molar refractivity (Wildman–Crippen MR) is 82.4 cm³/mol. The van der Waals surface area contributed by atoms with Gasteiger partial charge in [0.15, 0.2) is 0 Å². The van der Waals surface area contributed by atoms with Gasteiger partial charge in [-0.1, -0.05) is 30.3 Å². The minimum absolute atomic E-state index is 0.260. The van der Waals surface area contributed by atoms with E-state index in [0.717, 1.165) is 11.3 Å². The molecule has 1 N–H and O–H groups in total. The van der Waals surface area contributed by atoms with Gasteiger partial charge in [-0.2, -0.15) is 5.26 Å². The fourth-order valence-corrected chi connectivity index (χ4v) is 2.06. The molecule has 2 aromatic rings. The lowest BCUT2D eigenvalue weighted by Gasteiger charge is -2.15. The predicted octanol–water partition coefficient (Wildman–Crippen LogP) is 3.25. The number of nitrogens with one attached hydrogen (secondary N) is 1. The molecule has 2 aromatic carbocycles. The van der Waals surface area contributed by atoms with E-state index in [0.29, 0.717) is 12.1 Å². The van der Waals surface area contributed by atoms with Crippen LogP contribution in [-0.2, 0) is 6.54 Å². The third-order valence-electron chi connectivity index (χ3n) is 3.33. The highest BCUT2D eigenvalue weighted by Crippen LogP contribution is 2.18. The standard InChI is InChI=1S/C17H18FN3/c1-21(2)15-9-7-13(8-10-15)17(11-19)20-12-14-5-3-4-6-16(14)18/h3-10,17,20H,12H2,1-2H3. The Morgan fingerprint density at radius 1 is 1.14 bits per heavy atom. The van der Waals surface area contributed by atoms with Gasteiger partial charge in [0.05, 0.1) is 6.07 Å². The number of nitriles is 1. The van der Waals surface area contributed by atoms with E-state index in [-0.39, 0.29) is 5.82 Å². The molecule has 0 aliphatic heterocycles.